The van der Waals surface area contributed by atoms with Crippen molar-refractivity contribution in [2.75, 3.05) is 9.80 Å². The Labute approximate surface area is 261 Å². The maximum atomic E-state index is 6.82. The number of hydrogen-bond donors (Lipinski definition) is 0. The van der Waals surface area contributed by atoms with Crippen molar-refractivity contribution in [3.05, 3.63) is 158 Å². The minimum Gasteiger partial charge on any atom is -0.439 e. The van der Waals surface area contributed by atoms with Crippen molar-refractivity contribution in [1.29, 1.82) is 0 Å². The van der Waals surface area contributed by atoms with Gasteiger partial charge >= 0.3 is 0 Å². The van der Waals surface area contributed by atoms with Crippen molar-refractivity contribution < 1.29 is 4.42 Å². The summed E-state index contributed by atoms with van der Waals surface area (Å²) in [5.74, 6) is 1.12. The molecule has 0 amide bonds. The first-order chi connectivity index (χ1) is 22.4. The van der Waals surface area contributed by atoms with Gasteiger partial charge in [-0.05, 0) is 77.1 Å². The number of para-hydroxylation sites is 5. The van der Waals surface area contributed by atoms with Crippen molar-refractivity contribution in [2.24, 2.45) is 0 Å². The van der Waals surface area contributed by atoms with E-state index in [0.717, 1.165) is 39.6 Å². The third kappa shape index (κ3) is 3.32. The molecular formula is C40H26BN3O. The Morgan fingerprint density at radius 2 is 1.00 bits per heavy atom. The maximum Gasteiger partial charge on any atom is 0.255 e. The second-order valence-corrected chi connectivity index (χ2v) is 11.7. The smallest absolute Gasteiger partial charge is 0.255 e. The van der Waals surface area contributed by atoms with Crippen LogP contribution >= 0.6 is 0 Å². The molecule has 0 bridgehead atoms. The van der Waals surface area contributed by atoms with Gasteiger partial charge in [-0.3, -0.25) is 9.47 Å². The lowest BCUT2D eigenvalue weighted by atomic mass is 9.33. The highest BCUT2D eigenvalue weighted by Crippen LogP contribution is 2.47. The molecule has 2 aliphatic heterocycles. The average molecular weight is 575 g/mol. The SMILES string of the molecule is c1ccc(N2c3ccccc3B3c4c2cccc4N(c2ccccc2)c2c3c3c4ccccc4oc3n2-c2ccccc2)cc1. The highest BCUT2D eigenvalue weighted by Gasteiger charge is 2.47. The summed E-state index contributed by atoms with van der Waals surface area (Å²) in [6.45, 7) is -0.00390. The van der Waals surface area contributed by atoms with Crippen LogP contribution in [0.3, 0.4) is 0 Å². The van der Waals surface area contributed by atoms with Crippen LogP contribution in [0.4, 0.5) is 34.3 Å². The molecule has 210 valence electrons. The van der Waals surface area contributed by atoms with Crippen LogP contribution in [0.2, 0.25) is 0 Å². The van der Waals surface area contributed by atoms with E-state index >= 15 is 0 Å². The van der Waals surface area contributed by atoms with E-state index in [4.69, 9.17) is 4.42 Å². The number of rotatable bonds is 3. The lowest BCUT2D eigenvalue weighted by Crippen LogP contribution is -2.61. The molecule has 0 fully saturated rings. The predicted molar refractivity (Wildman–Crippen MR) is 187 cm³/mol. The first kappa shape index (κ1) is 24.5. The standard InChI is InChI=1S/C40H26BN3O/c1-4-15-27(16-5-1)42-32-23-12-11-22-31(32)41-37-33(42)24-14-25-34(37)43(28-17-6-2-7-18-28)39-38(41)36-30-21-10-13-26-35(30)45-40(36)44(39)29-19-8-3-9-20-29/h1-26H. The molecule has 6 aromatic carbocycles. The van der Waals surface area contributed by atoms with Crippen LogP contribution in [-0.4, -0.2) is 11.3 Å². The highest BCUT2D eigenvalue weighted by molar-refractivity contribution is 7.01. The van der Waals surface area contributed by atoms with Crippen molar-refractivity contribution in [2.45, 2.75) is 0 Å². The average Bonchev–Trinajstić information content (AvgIpc) is 3.64. The van der Waals surface area contributed by atoms with E-state index in [-0.39, 0.29) is 6.71 Å². The molecule has 0 N–H and O–H groups in total. The molecule has 0 spiro atoms. The van der Waals surface area contributed by atoms with Crippen LogP contribution in [-0.2, 0) is 0 Å². The van der Waals surface area contributed by atoms with E-state index in [1.807, 2.05) is 0 Å². The summed E-state index contributed by atoms with van der Waals surface area (Å²) in [6.07, 6.45) is 0. The molecule has 4 heterocycles. The molecule has 0 saturated heterocycles. The minimum atomic E-state index is -0.00390. The molecule has 0 aliphatic carbocycles. The first-order valence-corrected chi connectivity index (χ1v) is 15.4. The zero-order valence-electron chi connectivity index (χ0n) is 24.3. The van der Waals surface area contributed by atoms with Gasteiger partial charge in [0.05, 0.1) is 5.69 Å². The molecule has 5 heteroatoms. The molecule has 10 rings (SSSR count). The summed E-state index contributed by atoms with van der Waals surface area (Å²) in [5.41, 5.74) is 12.5. The van der Waals surface area contributed by atoms with Gasteiger partial charge in [0.2, 0.25) is 5.71 Å². The van der Waals surface area contributed by atoms with Gasteiger partial charge in [-0.2, -0.15) is 0 Å². The van der Waals surface area contributed by atoms with Crippen molar-refractivity contribution in [3.63, 3.8) is 0 Å². The van der Waals surface area contributed by atoms with E-state index in [1.54, 1.807) is 0 Å². The molecule has 0 radical (unpaired) electrons. The van der Waals surface area contributed by atoms with Gasteiger partial charge in [0.25, 0.3) is 6.71 Å². The predicted octanol–water partition coefficient (Wildman–Crippen LogP) is 8.46. The fourth-order valence-corrected chi connectivity index (χ4v) is 7.64. The van der Waals surface area contributed by atoms with E-state index < -0.39 is 0 Å². The first-order valence-electron chi connectivity index (χ1n) is 15.4. The Bertz CT molecular complexity index is 2400. The number of anilines is 6. The number of aromatic nitrogens is 1. The third-order valence-electron chi connectivity index (χ3n) is 9.36. The summed E-state index contributed by atoms with van der Waals surface area (Å²) >= 11 is 0. The minimum absolute atomic E-state index is 0.00390. The quantitative estimate of drug-likeness (QED) is 0.198. The van der Waals surface area contributed by atoms with Gasteiger partial charge in [0, 0.05) is 39.2 Å². The Hall–Kier alpha value is -5.94. The lowest BCUT2D eigenvalue weighted by molar-refractivity contribution is 0.643. The Morgan fingerprint density at radius 3 is 1.73 bits per heavy atom. The van der Waals surface area contributed by atoms with Gasteiger partial charge in [-0.25, -0.2) is 0 Å². The van der Waals surface area contributed by atoms with Crippen LogP contribution in [0, 0.1) is 0 Å². The van der Waals surface area contributed by atoms with Gasteiger partial charge < -0.3 is 9.32 Å². The number of hydrogen-bond acceptors (Lipinski definition) is 3. The normalized spacial score (nSPS) is 13.2. The summed E-state index contributed by atoms with van der Waals surface area (Å²) < 4.78 is 9.15. The van der Waals surface area contributed by atoms with Gasteiger partial charge in [-0.1, -0.05) is 97.1 Å². The molecule has 8 aromatic rings. The summed E-state index contributed by atoms with van der Waals surface area (Å²) in [5, 5.41) is 2.30. The number of nitrogens with zero attached hydrogens (tertiary/aromatic N) is 3. The molecule has 0 saturated carbocycles. The second kappa shape index (κ2) is 9.28. The maximum absolute atomic E-state index is 6.82. The summed E-state index contributed by atoms with van der Waals surface area (Å²) in [6, 6.07) is 56.2. The summed E-state index contributed by atoms with van der Waals surface area (Å²) in [7, 11) is 0. The fourth-order valence-electron chi connectivity index (χ4n) is 7.64. The molecule has 4 nitrogen and oxygen atoms in total. The van der Waals surface area contributed by atoms with E-state index in [1.165, 1.54) is 38.8 Å². The number of fused-ring (bicyclic) bond motifs is 8. The molecule has 45 heavy (non-hydrogen) atoms. The third-order valence-corrected chi connectivity index (χ3v) is 9.36. The Morgan fingerprint density at radius 1 is 0.444 bits per heavy atom. The Kier molecular flexibility index (Phi) is 5.05. The van der Waals surface area contributed by atoms with Crippen molar-refractivity contribution >= 4 is 79.4 Å². The van der Waals surface area contributed by atoms with E-state index in [9.17, 15) is 0 Å². The largest absolute Gasteiger partial charge is 0.439 e. The van der Waals surface area contributed by atoms with Gasteiger partial charge in [0.1, 0.15) is 11.4 Å². The molecule has 0 unspecified atom stereocenters. The van der Waals surface area contributed by atoms with Crippen molar-refractivity contribution in [3.8, 4) is 5.69 Å². The molecule has 2 aliphatic rings. The highest BCUT2D eigenvalue weighted by atomic mass is 16.3. The fraction of sp³-hybridized carbons (Fsp3) is 0. The second-order valence-electron chi connectivity index (χ2n) is 11.7. The van der Waals surface area contributed by atoms with Crippen LogP contribution in [0.1, 0.15) is 0 Å². The van der Waals surface area contributed by atoms with E-state index in [2.05, 4.69) is 172 Å². The zero-order chi connectivity index (χ0) is 29.5. The van der Waals surface area contributed by atoms with Crippen LogP contribution in [0.25, 0.3) is 27.8 Å². The van der Waals surface area contributed by atoms with Gasteiger partial charge in [-0.15, -0.1) is 0 Å². The number of benzene rings is 6. The van der Waals surface area contributed by atoms with Crippen molar-refractivity contribution in [1.82, 2.24) is 4.57 Å². The van der Waals surface area contributed by atoms with E-state index in [0.29, 0.717) is 0 Å². The number of furan rings is 1. The summed E-state index contributed by atoms with van der Waals surface area (Å²) in [4.78, 5) is 4.87. The zero-order valence-corrected chi connectivity index (χ0v) is 24.3. The molecule has 2 aromatic heterocycles. The molecule has 0 atom stereocenters. The topological polar surface area (TPSA) is 24.6 Å². The Balaban J connectivity index is 1.41. The van der Waals surface area contributed by atoms with Crippen LogP contribution < -0.4 is 26.2 Å². The lowest BCUT2D eigenvalue weighted by Gasteiger charge is -2.43. The van der Waals surface area contributed by atoms with Crippen LogP contribution in [0.5, 0.6) is 0 Å². The monoisotopic (exact) mass is 575 g/mol. The van der Waals surface area contributed by atoms with Crippen LogP contribution in [0.15, 0.2) is 162 Å². The molecular weight excluding hydrogens is 549 g/mol. The van der Waals surface area contributed by atoms with Gasteiger partial charge in [0.15, 0.2) is 0 Å².